The molecule has 0 aliphatic rings. The summed E-state index contributed by atoms with van der Waals surface area (Å²) in [6, 6.07) is 10.7. The number of aryl methyl sites for hydroxylation is 1. The lowest BCUT2D eigenvalue weighted by atomic mass is 10.0. The fourth-order valence-electron chi connectivity index (χ4n) is 2.36. The predicted molar refractivity (Wildman–Crippen MR) is 90.5 cm³/mol. The van der Waals surface area contributed by atoms with Gasteiger partial charge in [0, 0.05) is 49.8 Å². The summed E-state index contributed by atoms with van der Waals surface area (Å²) in [5, 5.41) is 2.12. The van der Waals surface area contributed by atoms with Gasteiger partial charge in [-0.1, -0.05) is 29.3 Å². The highest BCUT2D eigenvalue weighted by Gasteiger charge is 2.18. The Labute approximate surface area is 140 Å². The number of aromatic nitrogens is 1. The summed E-state index contributed by atoms with van der Waals surface area (Å²) in [6.07, 6.45) is 1.82. The molecule has 3 rings (SSSR count). The summed E-state index contributed by atoms with van der Waals surface area (Å²) in [7, 11) is 1.90. The molecule has 0 aliphatic heterocycles. The molecule has 0 atom stereocenters. The van der Waals surface area contributed by atoms with E-state index in [1.807, 2.05) is 29.9 Å². The highest BCUT2D eigenvalue weighted by atomic mass is 79.9. The molecule has 0 saturated carbocycles. The van der Waals surface area contributed by atoms with Crippen molar-refractivity contribution in [1.29, 1.82) is 0 Å². The van der Waals surface area contributed by atoms with Crippen LogP contribution in [0.3, 0.4) is 0 Å². The third-order valence-corrected chi connectivity index (χ3v) is 4.50. The molecule has 2 nitrogen and oxygen atoms in total. The SMILES string of the molecule is Cn1cc(C(=O)c2ccc(Cl)cc2Br)c2ccc(Cl)cc21. The Morgan fingerprint density at radius 3 is 2.43 bits per heavy atom. The molecule has 0 amide bonds. The van der Waals surface area contributed by atoms with Gasteiger partial charge in [0.15, 0.2) is 5.78 Å². The molecular formula is C16H10BrCl2NO. The van der Waals surface area contributed by atoms with E-state index in [0.717, 1.165) is 10.9 Å². The molecular weight excluding hydrogens is 373 g/mol. The zero-order chi connectivity index (χ0) is 15.1. The summed E-state index contributed by atoms with van der Waals surface area (Å²) >= 11 is 15.3. The number of carbonyl (C=O) groups excluding carboxylic acids is 1. The number of hydrogen-bond donors (Lipinski definition) is 0. The second-order valence-corrected chi connectivity index (χ2v) is 6.50. The van der Waals surface area contributed by atoms with Crippen molar-refractivity contribution in [2.24, 2.45) is 7.05 Å². The Morgan fingerprint density at radius 1 is 1.05 bits per heavy atom. The molecule has 0 saturated heterocycles. The van der Waals surface area contributed by atoms with Crippen molar-refractivity contribution in [3.63, 3.8) is 0 Å². The third-order valence-electron chi connectivity index (χ3n) is 3.37. The van der Waals surface area contributed by atoms with E-state index in [1.54, 1.807) is 24.3 Å². The standard InChI is InChI=1S/C16H10BrCl2NO/c1-20-8-13(11-4-2-10(19)7-15(11)20)16(21)12-5-3-9(18)6-14(12)17/h2-8H,1H3. The average molecular weight is 383 g/mol. The van der Waals surface area contributed by atoms with Crippen LogP contribution in [-0.2, 0) is 7.05 Å². The number of fused-ring (bicyclic) bond motifs is 1. The second kappa shape index (κ2) is 5.48. The van der Waals surface area contributed by atoms with Gasteiger partial charge >= 0.3 is 0 Å². The first-order chi connectivity index (χ1) is 9.97. The van der Waals surface area contributed by atoms with Crippen molar-refractivity contribution in [3.05, 3.63) is 68.2 Å². The summed E-state index contributed by atoms with van der Waals surface area (Å²) in [6.45, 7) is 0. The Morgan fingerprint density at radius 2 is 1.71 bits per heavy atom. The predicted octanol–water partition coefficient (Wildman–Crippen LogP) is 5.48. The molecule has 0 N–H and O–H groups in total. The number of benzene rings is 2. The Bertz CT molecular complexity index is 870. The van der Waals surface area contributed by atoms with Crippen LogP contribution in [0.4, 0.5) is 0 Å². The summed E-state index contributed by atoms with van der Waals surface area (Å²) in [5.41, 5.74) is 2.16. The van der Waals surface area contributed by atoms with Crippen molar-refractivity contribution in [1.82, 2.24) is 4.57 Å². The molecule has 21 heavy (non-hydrogen) atoms. The lowest BCUT2D eigenvalue weighted by Crippen LogP contribution is -2.01. The van der Waals surface area contributed by atoms with Gasteiger partial charge in [0.25, 0.3) is 0 Å². The molecule has 1 aromatic heterocycles. The normalized spacial score (nSPS) is 11.0. The largest absolute Gasteiger partial charge is 0.350 e. The first-order valence-electron chi connectivity index (χ1n) is 6.21. The van der Waals surface area contributed by atoms with Gasteiger partial charge in [0.2, 0.25) is 0 Å². The van der Waals surface area contributed by atoms with Gasteiger partial charge in [-0.15, -0.1) is 0 Å². The molecule has 0 unspecified atom stereocenters. The van der Waals surface area contributed by atoms with Gasteiger partial charge in [0.1, 0.15) is 0 Å². The molecule has 106 valence electrons. The second-order valence-electron chi connectivity index (χ2n) is 4.77. The highest BCUT2D eigenvalue weighted by Crippen LogP contribution is 2.29. The fraction of sp³-hybridized carbons (Fsp3) is 0.0625. The van der Waals surface area contributed by atoms with Crippen LogP contribution in [0.15, 0.2) is 47.1 Å². The quantitative estimate of drug-likeness (QED) is 0.538. The molecule has 0 bridgehead atoms. The van der Waals surface area contributed by atoms with Crippen molar-refractivity contribution < 1.29 is 4.79 Å². The minimum absolute atomic E-state index is 0.0496. The smallest absolute Gasteiger partial charge is 0.196 e. The monoisotopic (exact) mass is 381 g/mol. The van der Waals surface area contributed by atoms with E-state index in [2.05, 4.69) is 15.9 Å². The van der Waals surface area contributed by atoms with Crippen molar-refractivity contribution >= 4 is 55.8 Å². The molecule has 0 spiro atoms. The van der Waals surface area contributed by atoms with E-state index in [0.29, 0.717) is 25.6 Å². The van der Waals surface area contributed by atoms with E-state index in [1.165, 1.54) is 0 Å². The number of rotatable bonds is 2. The molecule has 0 fully saturated rings. The number of hydrogen-bond acceptors (Lipinski definition) is 1. The lowest BCUT2D eigenvalue weighted by Gasteiger charge is -2.03. The molecule has 1 heterocycles. The maximum absolute atomic E-state index is 12.8. The van der Waals surface area contributed by atoms with E-state index in [-0.39, 0.29) is 5.78 Å². The highest BCUT2D eigenvalue weighted by molar-refractivity contribution is 9.10. The molecule has 0 radical (unpaired) electrons. The van der Waals surface area contributed by atoms with Crippen LogP contribution in [-0.4, -0.2) is 10.4 Å². The molecule has 2 aromatic carbocycles. The van der Waals surface area contributed by atoms with Crippen LogP contribution in [0, 0.1) is 0 Å². The van der Waals surface area contributed by atoms with Crippen molar-refractivity contribution in [2.45, 2.75) is 0 Å². The van der Waals surface area contributed by atoms with Crippen molar-refractivity contribution in [2.75, 3.05) is 0 Å². The zero-order valence-electron chi connectivity index (χ0n) is 11.0. The van der Waals surface area contributed by atoms with E-state index in [4.69, 9.17) is 23.2 Å². The first-order valence-corrected chi connectivity index (χ1v) is 7.76. The topological polar surface area (TPSA) is 22.0 Å². The molecule has 0 aliphatic carbocycles. The Kier molecular flexibility index (Phi) is 3.82. The summed E-state index contributed by atoms with van der Waals surface area (Å²) < 4.78 is 2.59. The van der Waals surface area contributed by atoms with Crippen LogP contribution in [0.5, 0.6) is 0 Å². The number of carbonyl (C=O) groups is 1. The maximum atomic E-state index is 12.8. The Balaban J connectivity index is 2.18. The number of ketones is 1. The zero-order valence-corrected chi connectivity index (χ0v) is 14.1. The first kappa shape index (κ1) is 14.6. The van der Waals surface area contributed by atoms with Gasteiger partial charge in [0.05, 0.1) is 0 Å². The van der Waals surface area contributed by atoms with E-state index in [9.17, 15) is 4.79 Å². The van der Waals surface area contributed by atoms with Gasteiger partial charge in [-0.25, -0.2) is 0 Å². The van der Waals surface area contributed by atoms with Crippen LogP contribution in [0.2, 0.25) is 10.0 Å². The minimum Gasteiger partial charge on any atom is -0.350 e. The third kappa shape index (κ3) is 2.61. The van der Waals surface area contributed by atoms with Gasteiger partial charge in [-0.2, -0.15) is 0 Å². The fourth-order valence-corrected chi connectivity index (χ4v) is 3.39. The van der Waals surface area contributed by atoms with Gasteiger partial charge in [-0.05, 0) is 46.3 Å². The molecule has 3 aromatic rings. The van der Waals surface area contributed by atoms with Gasteiger partial charge < -0.3 is 4.57 Å². The van der Waals surface area contributed by atoms with E-state index < -0.39 is 0 Å². The van der Waals surface area contributed by atoms with Crippen LogP contribution < -0.4 is 0 Å². The summed E-state index contributed by atoms with van der Waals surface area (Å²) in [5.74, 6) is -0.0496. The van der Waals surface area contributed by atoms with Crippen LogP contribution in [0.1, 0.15) is 15.9 Å². The number of halogens is 3. The van der Waals surface area contributed by atoms with Crippen molar-refractivity contribution in [3.8, 4) is 0 Å². The lowest BCUT2D eigenvalue weighted by molar-refractivity contribution is 0.103. The number of nitrogens with zero attached hydrogens (tertiary/aromatic N) is 1. The minimum atomic E-state index is -0.0496. The summed E-state index contributed by atoms with van der Waals surface area (Å²) in [4.78, 5) is 12.8. The van der Waals surface area contributed by atoms with Crippen LogP contribution >= 0.6 is 39.1 Å². The van der Waals surface area contributed by atoms with Gasteiger partial charge in [-0.3, -0.25) is 4.79 Å². The van der Waals surface area contributed by atoms with E-state index >= 15 is 0 Å². The van der Waals surface area contributed by atoms with Crippen LogP contribution in [0.25, 0.3) is 10.9 Å². The maximum Gasteiger partial charge on any atom is 0.196 e. The average Bonchev–Trinajstić information content (AvgIpc) is 2.75. The Hall–Kier alpha value is -1.29. The molecule has 5 heteroatoms.